The molecule has 1 aliphatic carbocycles. The highest BCUT2D eigenvalue weighted by molar-refractivity contribution is 7.99. The molecule has 0 spiro atoms. The van der Waals surface area contributed by atoms with E-state index in [1.807, 2.05) is 11.8 Å². The van der Waals surface area contributed by atoms with Gasteiger partial charge in [-0.05, 0) is 50.3 Å². The Hall–Kier alpha value is 0.180. The Bertz CT molecular complexity index is 419. The molecule has 0 amide bonds. The summed E-state index contributed by atoms with van der Waals surface area (Å²) in [5.74, 6) is 2.46. The van der Waals surface area contributed by atoms with Crippen LogP contribution >= 0.6 is 11.8 Å². The Morgan fingerprint density at radius 1 is 1.15 bits per heavy atom. The summed E-state index contributed by atoms with van der Waals surface area (Å²) in [5, 5.41) is 3.53. The third-order valence-corrected chi connectivity index (χ3v) is 7.14. The Morgan fingerprint density at radius 3 is 2.70 bits per heavy atom. The van der Waals surface area contributed by atoms with Gasteiger partial charge in [0, 0.05) is 30.9 Å². The summed E-state index contributed by atoms with van der Waals surface area (Å²) >= 11 is 1.83. The molecule has 116 valence electrons. The zero-order chi connectivity index (χ0) is 14.0. The Balaban J connectivity index is 1.51. The minimum absolute atomic E-state index is 0.134. The molecule has 2 heterocycles. The Labute approximate surface area is 126 Å². The van der Waals surface area contributed by atoms with Crippen molar-refractivity contribution in [1.82, 2.24) is 14.3 Å². The number of nitrogens with zero attached hydrogens (tertiary/aromatic N) is 1. The van der Waals surface area contributed by atoms with E-state index < -0.39 is 10.2 Å². The molecular formula is C13H25N3O2S2. The van der Waals surface area contributed by atoms with Gasteiger partial charge in [0.25, 0.3) is 10.2 Å². The molecule has 5 nitrogen and oxygen atoms in total. The molecule has 2 saturated heterocycles. The number of hydrogen-bond acceptors (Lipinski definition) is 4. The second-order valence-corrected chi connectivity index (χ2v) is 9.08. The predicted molar refractivity (Wildman–Crippen MR) is 83.1 cm³/mol. The molecule has 2 aliphatic heterocycles. The number of hydrogen-bond donors (Lipinski definition) is 2. The molecule has 2 atom stereocenters. The van der Waals surface area contributed by atoms with Crippen LogP contribution in [0.15, 0.2) is 0 Å². The second kappa shape index (κ2) is 6.52. The lowest BCUT2D eigenvalue weighted by Gasteiger charge is -2.32. The van der Waals surface area contributed by atoms with Crippen molar-refractivity contribution in [2.45, 2.75) is 44.2 Å². The summed E-state index contributed by atoms with van der Waals surface area (Å²) in [7, 11) is -3.28. The number of nitrogens with one attached hydrogen (secondary N) is 2. The first kappa shape index (κ1) is 15.1. The van der Waals surface area contributed by atoms with Gasteiger partial charge in [-0.15, -0.1) is 0 Å². The first-order valence-electron chi connectivity index (χ1n) is 7.72. The third-order valence-electron chi connectivity index (χ3n) is 4.34. The van der Waals surface area contributed by atoms with Crippen molar-refractivity contribution in [2.75, 3.05) is 31.1 Å². The van der Waals surface area contributed by atoms with Crippen LogP contribution in [0.2, 0.25) is 0 Å². The van der Waals surface area contributed by atoms with Gasteiger partial charge in [-0.25, -0.2) is 0 Å². The van der Waals surface area contributed by atoms with Gasteiger partial charge in [0.15, 0.2) is 0 Å². The normalized spacial score (nSPS) is 32.6. The lowest BCUT2D eigenvalue weighted by molar-refractivity contribution is 0.256. The summed E-state index contributed by atoms with van der Waals surface area (Å²) < 4.78 is 29.4. The molecular weight excluding hydrogens is 294 g/mol. The van der Waals surface area contributed by atoms with Crippen LogP contribution in [0, 0.1) is 5.92 Å². The van der Waals surface area contributed by atoms with Gasteiger partial charge in [0.1, 0.15) is 0 Å². The first-order chi connectivity index (χ1) is 9.63. The van der Waals surface area contributed by atoms with E-state index in [0.29, 0.717) is 25.0 Å². The van der Waals surface area contributed by atoms with Crippen LogP contribution in [0.4, 0.5) is 0 Å². The molecule has 1 saturated carbocycles. The van der Waals surface area contributed by atoms with E-state index in [4.69, 9.17) is 0 Å². The van der Waals surface area contributed by atoms with Crippen molar-refractivity contribution in [1.29, 1.82) is 0 Å². The maximum Gasteiger partial charge on any atom is 0.279 e. The topological polar surface area (TPSA) is 61.4 Å². The van der Waals surface area contributed by atoms with Crippen molar-refractivity contribution in [3.63, 3.8) is 0 Å². The minimum atomic E-state index is -3.28. The second-order valence-electron chi connectivity index (χ2n) is 6.23. The highest BCUT2D eigenvalue weighted by Crippen LogP contribution is 2.23. The maximum atomic E-state index is 12.4. The van der Waals surface area contributed by atoms with Gasteiger partial charge in [-0.1, -0.05) is 0 Å². The maximum absolute atomic E-state index is 12.4. The van der Waals surface area contributed by atoms with E-state index in [0.717, 1.165) is 37.3 Å². The van der Waals surface area contributed by atoms with E-state index in [-0.39, 0.29) is 6.04 Å². The van der Waals surface area contributed by atoms with E-state index in [1.165, 1.54) is 12.8 Å². The summed E-state index contributed by atoms with van der Waals surface area (Å²) in [6, 6.07) is 0.839. The average molecular weight is 319 g/mol. The third kappa shape index (κ3) is 4.10. The van der Waals surface area contributed by atoms with Crippen molar-refractivity contribution in [2.24, 2.45) is 5.92 Å². The van der Waals surface area contributed by atoms with Gasteiger partial charge in [0.2, 0.25) is 0 Å². The average Bonchev–Trinajstić information content (AvgIpc) is 3.14. The Kier molecular flexibility index (Phi) is 4.92. The lowest BCUT2D eigenvalue weighted by Crippen LogP contribution is -2.50. The fourth-order valence-corrected chi connectivity index (χ4v) is 5.75. The van der Waals surface area contributed by atoms with E-state index >= 15 is 0 Å². The first-order valence-corrected chi connectivity index (χ1v) is 10.3. The number of rotatable bonds is 6. The fraction of sp³-hybridized carbons (Fsp3) is 1.00. The molecule has 3 fully saturated rings. The standard InChI is InChI=1S/C13H25N3O2S2/c17-20(18,15-13-5-7-19-10-13)16-6-1-2-11(9-16)8-14-12-3-4-12/h11-15H,1-10H2. The zero-order valence-corrected chi connectivity index (χ0v) is 13.5. The quantitative estimate of drug-likeness (QED) is 0.760. The van der Waals surface area contributed by atoms with Crippen LogP contribution in [0.3, 0.4) is 0 Å². The predicted octanol–water partition coefficient (Wildman–Crippen LogP) is 0.790. The number of piperidine rings is 1. The van der Waals surface area contributed by atoms with Gasteiger partial charge >= 0.3 is 0 Å². The molecule has 7 heteroatoms. The molecule has 20 heavy (non-hydrogen) atoms. The molecule has 0 aromatic rings. The van der Waals surface area contributed by atoms with Crippen LogP contribution < -0.4 is 10.0 Å². The zero-order valence-electron chi connectivity index (χ0n) is 11.9. The molecule has 0 aromatic carbocycles. The molecule has 2 unspecified atom stereocenters. The van der Waals surface area contributed by atoms with Crippen molar-refractivity contribution >= 4 is 22.0 Å². The largest absolute Gasteiger partial charge is 0.314 e. The van der Waals surface area contributed by atoms with Gasteiger partial charge in [-0.2, -0.15) is 29.2 Å². The lowest BCUT2D eigenvalue weighted by atomic mass is 10.00. The summed E-state index contributed by atoms with van der Waals surface area (Å²) in [5.41, 5.74) is 0. The van der Waals surface area contributed by atoms with Crippen LogP contribution in [0.25, 0.3) is 0 Å². The van der Waals surface area contributed by atoms with Crippen LogP contribution in [-0.4, -0.2) is 55.9 Å². The summed E-state index contributed by atoms with van der Waals surface area (Å²) in [6.45, 7) is 2.32. The SMILES string of the molecule is O=S(=O)(NC1CCSC1)N1CCCC(CNC2CC2)C1. The summed E-state index contributed by atoms with van der Waals surface area (Å²) in [4.78, 5) is 0. The van der Waals surface area contributed by atoms with E-state index in [1.54, 1.807) is 4.31 Å². The van der Waals surface area contributed by atoms with Gasteiger partial charge in [-0.3, -0.25) is 0 Å². The smallest absolute Gasteiger partial charge is 0.279 e. The fourth-order valence-electron chi connectivity index (χ4n) is 2.95. The highest BCUT2D eigenvalue weighted by Gasteiger charge is 2.32. The van der Waals surface area contributed by atoms with Gasteiger partial charge < -0.3 is 5.32 Å². The van der Waals surface area contributed by atoms with Crippen molar-refractivity contribution in [3.05, 3.63) is 0 Å². The molecule has 2 N–H and O–H groups in total. The molecule has 3 rings (SSSR count). The minimum Gasteiger partial charge on any atom is -0.314 e. The molecule has 3 aliphatic rings. The molecule has 0 bridgehead atoms. The van der Waals surface area contributed by atoms with Crippen LogP contribution in [0.1, 0.15) is 32.1 Å². The molecule has 0 aromatic heterocycles. The van der Waals surface area contributed by atoms with Crippen LogP contribution in [0.5, 0.6) is 0 Å². The van der Waals surface area contributed by atoms with E-state index in [9.17, 15) is 8.42 Å². The van der Waals surface area contributed by atoms with E-state index in [2.05, 4.69) is 10.0 Å². The Morgan fingerprint density at radius 2 is 2.00 bits per heavy atom. The van der Waals surface area contributed by atoms with Gasteiger partial charge in [0.05, 0.1) is 0 Å². The van der Waals surface area contributed by atoms with Crippen LogP contribution in [-0.2, 0) is 10.2 Å². The molecule has 0 radical (unpaired) electrons. The van der Waals surface area contributed by atoms with Crippen molar-refractivity contribution in [3.8, 4) is 0 Å². The van der Waals surface area contributed by atoms with Crippen molar-refractivity contribution < 1.29 is 8.42 Å². The number of thioether (sulfide) groups is 1. The monoisotopic (exact) mass is 319 g/mol. The highest BCUT2D eigenvalue weighted by atomic mass is 32.2. The summed E-state index contributed by atoms with van der Waals surface area (Å²) in [6.07, 6.45) is 5.66.